The number of β-amino-alcohol motifs (C(OH)–C–C–N with tert-alkyl or cyclic N) is 1. The van der Waals surface area contributed by atoms with E-state index >= 15 is 0 Å². The molecule has 0 unspecified atom stereocenters. The summed E-state index contributed by atoms with van der Waals surface area (Å²) in [6.45, 7) is 6.69. The molecule has 21 heavy (non-hydrogen) atoms. The van der Waals surface area contributed by atoms with Crippen LogP contribution in [0.4, 0.5) is 0 Å². The Bertz CT molecular complexity index is 433. The number of nitrogens with zero attached hydrogens (tertiary/aromatic N) is 2. The molecule has 1 aromatic rings. The second-order valence-corrected chi connectivity index (χ2v) is 6.62. The number of aliphatic hydroxyl groups excluding tert-OH is 1. The first-order valence-corrected chi connectivity index (χ1v) is 8.27. The number of hydrogen-bond donors (Lipinski definition) is 1. The van der Waals surface area contributed by atoms with Gasteiger partial charge in [-0.1, -0.05) is 23.7 Å². The van der Waals surface area contributed by atoms with Crippen molar-refractivity contribution in [1.82, 2.24) is 9.80 Å². The average Bonchev–Trinajstić information content (AvgIpc) is 2.48. The number of likely N-dealkylation sites (tertiary alicyclic amines) is 1. The van der Waals surface area contributed by atoms with Crippen molar-refractivity contribution in [3.8, 4) is 0 Å². The fourth-order valence-corrected chi connectivity index (χ4v) is 3.32. The van der Waals surface area contributed by atoms with Gasteiger partial charge in [-0.3, -0.25) is 4.90 Å². The molecule has 0 amide bonds. The molecule has 1 aromatic carbocycles. The molecule has 2 rings (SSSR count). The Labute approximate surface area is 133 Å². The lowest BCUT2D eigenvalue weighted by molar-refractivity contribution is 0.121. The summed E-state index contributed by atoms with van der Waals surface area (Å²) in [5.74, 6) is 0.756. The predicted molar refractivity (Wildman–Crippen MR) is 88.7 cm³/mol. The van der Waals surface area contributed by atoms with Gasteiger partial charge in [0.1, 0.15) is 0 Å². The van der Waals surface area contributed by atoms with E-state index in [1.165, 1.54) is 18.4 Å². The van der Waals surface area contributed by atoms with Crippen molar-refractivity contribution in [2.24, 2.45) is 5.92 Å². The van der Waals surface area contributed by atoms with Gasteiger partial charge in [-0.2, -0.15) is 0 Å². The number of benzene rings is 1. The minimum absolute atomic E-state index is 0.274. The van der Waals surface area contributed by atoms with Crippen LogP contribution in [0.25, 0.3) is 0 Å². The van der Waals surface area contributed by atoms with Crippen molar-refractivity contribution in [3.05, 3.63) is 34.9 Å². The van der Waals surface area contributed by atoms with Crippen LogP contribution in [-0.2, 0) is 0 Å². The quantitative estimate of drug-likeness (QED) is 0.875. The largest absolute Gasteiger partial charge is 0.395 e. The van der Waals surface area contributed by atoms with Gasteiger partial charge >= 0.3 is 0 Å². The lowest BCUT2D eigenvalue weighted by atomic mass is 9.95. The molecule has 1 saturated heterocycles. The van der Waals surface area contributed by atoms with E-state index in [4.69, 9.17) is 16.7 Å². The Kier molecular flexibility index (Phi) is 6.49. The molecule has 118 valence electrons. The Morgan fingerprint density at radius 2 is 2.10 bits per heavy atom. The predicted octanol–water partition coefficient (Wildman–Crippen LogP) is 3.04. The standard InChI is InChI=1S/C17H27ClN2O/c1-14(16-4-3-5-17(18)12-16)19(2)13-15-6-8-20(9-7-15)10-11-21/h3-5,12,14-15,21H,6-11,13H2,1-2H3/t14-/m0/s1. The van der Waals surface area contributed by atoms with Gasteiger partial charge < -0.3 is 10.0 Å². The molecule has 1 atom stereocenters. The molecular formula is C17H27ClN2O. The average molecular weight is 311 g/mol. The van der Waals surface area contributed by atoms with Crippen LogP contribution >= 0.6 is 11.6 Å². The number of hydrogen-bond acceptors (Lipinski definition) is 3. The lowest BCUT2D eigenvalue weighted by Gasteiger charge is -2.35. The van der Waals surface area contributed by atoms with Crippen molar-refractivity contribution in [2.75, 3.05) is 39.8 Å². The molecule has 1 fully saturated rings. The van der Waals surface area contributed by atoms with Crippen LogP contribution in [0.1, 0.15) is 31.4 Å². The van der Waals surface area contributed by atoms with Gasteiger partial charge in [-0.15, -0.1) is 0 Å². The molecule has 1 N–H and O–H groups in total. The van der Waals surface area contributed by atoms with Gasteiger partial charge in [-0.25, -0.2) is 0 Å². The van der Waals surface area contributed by atoms with Crippen molar-refractivity contribution in [2.45, 2.75) is 25.8 Å². The van der Waals surface area contributed by atoms with E-state index < -0.39 is 0 Å². The van der Waals surface area contributed by atoms with Crippen molar-refractivity contribution in [1.29, 1.82) is 0 Å². The molecule has 4 heteroatoms. The van der Waals surface area contributed by atoms with Crippen LogP contribution in [-0.4, -0.2) is 54.7 Å². The fraction of sp³-hybridized carbons (Fsp3) is 0.647. The minimum Gasteiger partial charge on any atom is -0.395 e. The van der Waals surface area contributed by atoms with E-state index in [1.807, 2.05) is 12.1 Å². The zero-order chi connectivity index (χ0) is 15.2. The van der Waals surface area contributed by atoms with Gasteiger partial charge in [0.05, 0.1) is 6.61 Å². The Morgan fingerprint density at radius 1 is 1.38 bits per heavy atom. The normalized spacial score (nSPS) is 19.1. The second kappa shape index (κ2) is 8.14. The SMILES string of the molecule is C[C@@H](c1cccc(Cl)c1)N(C)CC1CCN(CCO)CC1. The summed E-state index contributed by atoms with van der Waals surface area (Å²) < 4.78 is 0. The van der Waals surface area contributed by atoms with E-state index in [1.54, 1.807) is 0 Å². The molecule has 0 saturated carbocycles. The van der Waals surface area contributed by atoms with Gasteiger partial charge in [0, 0.05) is 24.2 Å². The first-order valence-electron chi connectivity index (χ1n) is 7.89. The molecular weight excluding hydrogens is 284 g/mol. The van der Waals surface area contributed by atoms with E-state index in [0.29, 0.717) is 6.04 Å². The highest BCUT2D eigenvalue weighted by Gasteiger charge is 2.22. The van der Waals surface area contributed by atoms with Gasteiger partial charge in [-0.05, 0) is 63.5 Å². The molecule has 1 aliphatic rings. The summed E-state index contributed by atoms with van der Waals surface area (Å²) in [6, 6.07) is 8.55. The Balaban J connectivity index is 1.83. The molecule has 0 radical (unpaired) electrons. The zero-order valence-electron chi connectivity index (χ0n) is 13.1. The monoisotopic (exact) mass is 310 g/mol. The third-order valence-electron chi connectivity index (χ3n) is 4.66. The number of rotatable bonds is 6. The topological polar surface area (TPSA) is 26.7 Å². The van der Waals surface area contributed by atoms with Gasteiger partial charge in [0.25, 0.3) is 0 Å². The maximum Gasteiger partial charge on any atom is 0.0558 e. The first kappa shape index (κ1) is 16.8. The van der Waals surface area contributed by atoms with Gasteiger partial charge in [0.15, 0.2) is 0 Å². The van der Waals surface area contributed by atoms with Crippen LogP contribution in [0.15, 0.2) is 24.3 Å². The Hall–Kier alpha value is -0.610. The van der Waals surface area contributed by atoms with E-state index in [2.05, 4.69) is 35.9 Å². The molecule has 1 heterocycles. The summed E-state index contributed by atoms with van der Waals surface area (Å²) in [5.41, 5.74) is 1.28. The summed E-state index contributed by atoms with van der Waals surface area (Å²) in [6.07, 6.45) is 2.46. The van der Waals surface area contributed by atoms with E-state index in [0.717, 1.165) is 37.1 Å². The van der Waals surface area contributed by atoms with Crippen LogP contribution in [0.5, 0.6) is 0 Å². The summed E-state index contributed by atoms with van der Waals surface area (Å²) in [4.78, 5) is 4.79. The molecule has 0 spiro atoms. The molecule has 0 aromatic heterocycles. The van der Waals surface area contributed by atoms with E-state index in [-0.39, 0.29) is 6.61 Å². The van der Waals surface area contributed by atoms with Crippen LogP contribution < -0.4 is 0 Å². The van der Waals surface area contributed by atoms with Crippen LogP contribution in [0.3, 0.4) is 0 Å². The maximum absolute atomic E-state index is 8.99. The van der Waals surface area contributed by atoms with Crippen LogP contribution in [0.2, 0.25) is 5.02 Å². The van der Waals surface area contributed by atoms with E-state index in [9.17, 15) is 0 Å². The maximum atomic E-state index is 8.99. The molecule has 0 aliphatic carbocycles. The summed E-state index contributed by atoms with van der Waals surface area (Å²) in [7, 11) is 2.20. The molecule has 3 nitrogen and oxygen atoms in total. The Morgan fingerprint density at radius 3 is 2.71 bits per heavy atom. The minimum atomic E-state index is 0.274. The smallest absolute Gasteiger partial charge is 0.0558 e. The molecule has 1 aliphatic heterocycles. The van der Waals surface area contributed by atoms with Crippen molar-refractivity contribution in [3.63, 3.8) is 0 Å². The second-order valence-electron chi connectivity index (χ2n) is 6.18. The zero-order valence-corrected chi connectivity index (χ0v) is 13.9. The van der Waals surface area contributed by atoms with Crippen LogP contribution in [0, 0.1) is 5.92 Å². The fourth-order valence-electron chi connectivity index (χ4n) is 3.12. The third-order valence-corrected chi connectivity index (χ3v) is 4.90. The molecule has 0 bridgehead atoms. The number of aliphatic hydroxyl groups is 1. The number of piperidine rings is 1. The summed E-state index contributed by atoms with van der Waals surface area (Å²) in [5, 5.41) is 9.80. The highest BCUT2D eigenvalue weighted by molar-refractivity contribution is 6.30. The van der Waals surface area contributed by atoms with Gasteiger partial charge in [0.2, 0.25) is 0 Å². The lowest BCUT2D eigenvalue weighted by Crippen LogP contribution is -2.39. The van der Waals surface area contributed by atoms with Crippen molar-refractivity contribution >= 4 is 11.6 Å². The third kappa shape index (κ3) is 4.96. The first-order chi connectivity index (χ1) is 10.1. The highest BCUT2D eigenvalue weighted by atomic mass is 35.5. The highest BCUT2D eigenvalue weighted by Crippen LogP contribution is 2.25. The number of halogens is 1. The summed E-state index contributed by atoms with van der Waals surface area (Å²) >= 11 is 6.09. The van der Waals surface area contributed by atoms with Crippen molar-refractivity contribution < 1.29 is 5.11 Å².